The van der Waals surface area contributed by atoms with Crippen LogP contribution in [0.15, 0.2) is 47.5 Å². The smallest absolute Gasteiger partial charge is 0.248 e. The van der Waals surface area contributed by atoms with Crippen molar-refractivity contribution < 1.29 is 31.2 Å². The third-order valence-electron chi connectivity index (χ3n) is 7.44. The van der Waals surface area contributed by atoms with Crippen molar-refractivity contribution in [2.24, 2.45) is 0 Å². The first-order valence-corrected chi connectivity index (χ1v) is 14.0. The first kappa shape index (κ1) is 26.1. The highest BCUT2D eigenvalue weighted by Crippen LogP contribution is 2.47. The maximum atomic E-state index is 14.7. The van der Waals surface area contributed by atoms with Crippen molar-refractivity contribution >= 4 is 38.5 Å². The largest absolute Gasteiger partial charge is 0.327 e. The summed E-state index contributed by atoms with van der Waals surface area (Å²) >= 11 is 0. The molecule has 2 atom stereocenters. The number of anilines is 1. The zero-order valence-corrected chi connectivity index (χ0v) is 21.3. The van der Waals surface area contributed by atoms with Crippen LogP contribution in [-0.4, -0.2) is 71.2 Å². The van der Waals surface area contributed by atoms with Crippen LogP contribution in [0.2, 0.25) is 0 Å². The van der Waals surface area contributed by atoms with Crippen molar-refractivity contribution in [2.45, 2.75) is 60.6 Å². The van der Waals surface area contributed by atoms with E-state index in [0.717, 1.165) is 11.2 Å². The molecule has 1 saturated heterocycles. The van der Waals surface area contributed by atoms with Crippen molar-refractivity contribution in [1.82, 2.24) is 20.1 Å². The van der Waals surface area contributed by atoms with Gasteiger partial charge in [0.15, 0.2) is 9.84 Å². The van der Waals surface area contributed by atoms with Crippen molar-refractivity contribution in [3.63, 3.8) is 0 Å². The molecule has 0 bridgehead atoms. The fourth-order valence-electron chi connectivity index (χ4n) is 5.33. The van der Waals surface area contributed by atoms with Crippen molar-refractivity contribution in [3.05, 3.63) is 48.2 Å². The third kappa shape index (κ3) is 4.86. The van der Waals surface area contributed by atoms with Gasteiger partial charge in [0.1, 0.15) is 23.5 Å². The Kier molecular flexibility index (Phi) is 6.44. The van der Waals surface area contributed by atoms with Crippen LogP contribution in [0.3, 0.4) is 0 Å². The molecule has 9 nitrogen and oxygen atoms in total. The summed E-state index contributed by atoms with van der Waals surface area (Å²) in [6, 6.07) is 7.58. The van der Waals surface area contributed by atoms with Crippen molar-refractivity contribution in [2.75, 3.05) is 18.1 Å². The van der Waals surface area contributed by atoms with Crippen LogP contribution in [0.5, 0.6) is 0 Å². The minimum atomic E-state index is -3.52. The number of aromatic nitrogens is 3. The molecule has 1 saturated carbocycles. The molecule has 38 heavy (non-hydrogen) atoms. The molecule has 3 aromatic rings. The van der Waals surface area contributed by atoms with Gasteiger partial charge >= 0.3 is 0 Å². The van der Waals surface area contributed by atoms with E-state index in [1.807, 2.05) is 0 Å². The fourth-order valence-corrected chi connectivity index (χ4v) is 5.96. The average molecular weight is 550 g/mol. The molecule has 0 unspecified atom stereocenters. The molecule has 0 radical (unpaired) electrons. The number of nitrogens with one attached hydrogen (secondary N) is 2. The van der Waals surface area contributed by atoms with Gasteiger partial charge in [-0.1, -0.05) is 12.1 Å². The number of hydrogen-bond donors (Lipinski definition) is 2. The molecule has 2 aliphatic rings. The van der Waals surface area contributed by atoms with Crippen LogP contribution in [-0.2, 0) is 24.8 Å². The monoisotopic (exact) mass is 549 g/mol. The van der Waals surface area contributed by atoms with Gasteiger partial charge in [0.05, 0.1) is 28.6 Å². The van der Waals surface area contributed by atoms with Gasteiger partial charge in [-0.2, -0.15) is 5.10 Å². The number of sulfone groups is 1. The number of rotatable bonds is 5. The van der Waals surface area contributed by atoms with Crippen LogP contribution in [0, 0.1) is 0 Å². The molecular weight excluding hydrogens is 523 g/mol. The van der Waals surface area contributed by atoms with Crippen LogP contribution >= 0.6 is 0 Å². The van der Waals surface area contributed by atoms with Crippen LogP contribution in [0.4, 0.5) is 19.0 Å². The fraction of sp³-hybridized carbons (Fsp3) is 0.440. The van der Waals surface area contributed by atoms with Crippen molar-refractivity contribution in [1.29, 1.82) is 0 Å². The Balaban J connectivity index is 1.45. The first-order valence-electron chi connectivity index (χ1n) is 12.1. The molecule has 3 heterocycles. The summed E-state index contributed by atoms with van der Waals surface area (Å²) in [7, 11) is -3.52. The van der Waals surface area contributed by atoms with Crippen molar-refractivity contribution in [3.8, 4) is 0 Å². The molecular formula is C25H26F3N5O4S. The van der Waals surface area contributed by atoms with E-state index in [-0.39, 0.29) is 36.5 Å². The maximum absolute atomic E-state index is 14.7. The van der Waals surface area contributed by atoms with E-state index in [0.29, 0.717) is 16.6 Å². The lowest BCUT2D eigenvalue weighted by Crippen LogP contribution is -2.54. The van der Waals surface area contributed by atoms with E-state index < -0.39 is 58.0 Å². The zero-order chi connectivity index (χ0) is 27.3. The lowest BCUT2D eigenvalue weighted by atomic mass is 9.67. The highest BCUT2D eigenvalue weighted by Gasteiger charge is 2.53. The number of carbonyl (C=O) groups excluding carboxylic acids is 2. The molecule has 2 N–H and O–H groups in total. The lowest BCUT2D eigenvalue weighted by Gasteiger charge is -2.42. The van der Waals surface area contributed by atoms with Crippen LogP contribution in [0.1, 0.15) is 37.7 Å². The second-order valence-electron chi connectivity index (χ2n) is 10.0. The summed E-state index contributed by atoms with van der Waals surface area (Å²) in [6.45, 7) is -0.356. The quantitative estimate of drug-likeness (QED) is 0.503. The van der Waals surface area contributed by atoms with E-state index in [9.17, 15) is 31.2 Å². The van der Waals surface area contributed by atoms with E-state index in [2.05, 4.69) is 20.5 Å². The summed E-state index contributed by atoms with van der Waals surface area (Å²) in [5.74, 6) is -4.03. The molecule has 5 rings (SSSR count). The van der Waals surface area contributed by atoms with E-state index in [4.69, 9.17) is 0 Å². The maximum Gasteiger partial charge on any atom is 0.248 e. The Morgan fingerprint density at radius 2 is 1.76 bits per heavy atom. The highest BCUT2D eigenvalue weighted by atomic mass is 32.2. The van der Waals surface area contributed by atoms with Gasteiger partial charge in [0.25, 0.3) is 0 Å². The predicted molar refractivity (Wildman–Crippen MR) is 132 cm³/mol. The predicted octanol–water partition coefficient (Wildman–Crippen LogP) is 3.39. The molecule has 2 amide bonds. The molecule has 1 aromatic carbocycles. The molecule has 2 aromatic heterocycles. The molecule has 1 aliphatic carbocycles. The number of pyridine rings is 1. The number of amides is 2. The summed E-state index contributed by atoms with van der Waals surface area (Å²) < 4.78 is 66.9. The third-order valence-corrected chi connectivity index (χ3v) is 8.57. The Bertz CT molecular complexity index is 1480. The van der Waals surface area contributed by atoms with Gasteiger partial charge in [-0.15, -0.1) is 0 Å². The van der Waals surface area contributed by atoms with E-state index in [1.165, 1.54) is 30.5 Å². The van der Waals surface area contributed by atoms with Gasteiger partial charge in [0, 0.05) is 25.5 Å². The SMILES string of the molecule is CS(=O)(=O)c1ccc(C2(C(=O)N3C[C@H](F)C[C@@H]3C(=O)Nc3ccc4[nH]ncc4n3)CCC(F)(F)CC2)cc1. The highest BCUT2D eigenvalue weighted by molar-refractivity contribution is 7.90. The Morgan fingerprint density at radius 3 is 2.42 bits per heavy atom. The number of halogens is 3. The summed E-state index contributed by atoms with van der Waals surface area (Å²) in [5, 5.41) is 9.24. The number of fused-ring (bicyclic) bond motifs is 1. The van der Waals surface area contributed by atoms with Crippen LogP contribution < -0.4 is 5.32 Å². The second-order valence-corrected chi connectivity index (χ2v) is 12.0. The number of aromatic amines is 1. The number of hydrogen-bond acceptors (Lipinski definition) is 6. The zero-order valence-electron chi connectivity index (χ0n) is 20.5. The van der Waals surface area contributed by atoms with Gasteiger partial charge in [-0.3, -0.25) is 14.7 Å². The summed E-state index contributed by atoms with van der Waals surface area (Å²) in [6.07, 6.45) is -0.784. The van der Waals surface area contributed by atoms with E-state index in [1.54, 1.807) is 12.1 Å². The molecule has 1 aliphatic heterocycles. The minimum absolute atomic E-state index is 0.0225. The Hall–Kier alpha value is -3.48. The number of benzene rings is 1. The minimum Gasteiger partial charge on any atom is -0.327 e. The Morgan fingerprint density at radius 1 is 1.08 bits per heavy atom. The number of carbonyl (C=O) groups is 2. The topological polar surface area (TPSA) is 125 Å². The van der Waals surface area contributed by atoms with Crippen LogP contribution in [0.25, 0.3) is 11.0 Å². The van der Waals surface area contributed by atoms with Gasteiger partial charge in [0.2, 0.25) is 17.7 Å². The van der Waals surface area contributed by atoms with Gasteiger partial charge < -0.3 is 10.2 Å². The lowest BCUT2D eigenvalue weighted by molar-refractivity contribution is -0.146. The summed E-state index contributed by atoms with van der Waals surface area (Å²) in [4.78, 5) is 32.7. The standard InChI is InChI=1S/C25H26F3N5O4S/c1-38(36,37)17-4-2-15(3-5-17)24(8-10-25(27,28)11-9-24)23(35)33-14-16(26)12-20(33)22(34)31-21-7-6-18-19(30-21)13-29-32-18/h2-7,13,16,20H,8-12,14H2,1H3,(H,29,32)(H,30,31,34)/t16-,20-/m1/s1. The summed E-state index contributed by atoms with van der Waals surface area (Å²) in [5.41, 5.74) is 0.0698. The normalized spacial score (nSPS) is 22.9. The van der Waals surface area contributed by atoms with Gasteiger partial charge in [-0.25, -0.2) is 26.6 Å². The average Bonchev–Trinajstić information content (AvgIpc) is 3.49. The first-order chi connectivity index (χ1) is 17.9. The number of nitrogens with zero attached hydrogens (tertiary/aromatic N) is 3. The second kappa shape index (κ2) is 9.37. The Labute approximate surface area is 216 Å². The molecule has 0 spiro atoms. The van der Waals surface area contributed by atoms with Gasteiger partial charge in [-0.05, 0) is 42.7 Å². The number of H-pyrrole nitrogens is 1. The molecule has 13 heteroatoms. The molecule has 2 fully saturated rings. The number of alkyl halides is 3. The number of likely N-dealkylation sites (tertiary alicyclic amines) is 1. The molecule has 202 valence electrons. The van der Waals surface area contributed by atoms with E-state index >= 15 is 0 Å².